The number of aromatic nitrogens is 3. The molecule has 0 aliphatic carbocycles. The monoisotopic (exact) mass is 453 g/mol. The minimum Gasteiger partial charge on any atom is -0.337 e. The first-order valence-electron chi connectivity index (χ1n) is 9.05. The fourth-order valence-electron chi connectivity index (χ4n) is 2.60. The van der Waals surface area contributed by atoms with Gasteiger partial charge in [-0.15, -0.1) is 0 Å². The lowest BCUT2D eigenvalue weighted by Gasteiger charge is -2.09. The van der Waals surface area contributed by atoms with Gasteiger partial charge in [-0.1, -0.05) is 5.16 Å². The Labute approximate surface area is 175 Å². The van der Waals surface area contributed by atoms with Gasteiger partial charge >= 0.3 is 0 Å². The Hall–Kier alpha value is -2.86. The van der Waals surface area contributed by atoms with Crippen LogP contribution in [0.5, 0.6) is 0 Å². The van der Waals surface area contributed by atoms with Crippen molar-refractivity contribution in [3.63, 3.8) is 0 Å². The van der Waals surface area contributed by atoms with Crippen molar-refractivity contribution in [3.05, 3.63) is 47.4 Å². The van der Waals surface area contributed by atoms with Crippen LogP contribution in [0.1, 0.15) is 36.8 Å². The highest BCUT2D eigenvalue weighted by Crippen LogP contribution is 2.24. The van der Waals surface area contributed by atoms with Crippen molar-refractivity contribution >= 4 is 31.6 Å². The number of hydrogen-bond donors (Lipinski definition) is 2. The molecule has 3 rings (SSSR count). The topological polar surface area (TPSA) is 136 Å². The maximum atomic E-state index is 12.7. The highest BCUT2D eigenvalue weighted by molar-refractivity contribution is 7.93. The van der Waals surface area contributed by atoms with Crippen molar-refractivity contribution in [2.75, 3.05) is 9.44 Å². The molecule has 3 aromatic rings. The largest absolute Gasteiger partial charge is 0.337 e. The molecule has 0 radical (unpaired) electrons. The van der Waals surface area contributed by atoms with E-state index in [4.69, 9.17) is 4.52 Å². The van der Waals surface area contributed by atoms with E-state index in [1.807, 2.05) is 13.8 Å². The summed E-state index contributed by atoms with van der Waals surface area (Å²) in [6.45, 7) is 8.78. The Kier molecular flexibility index (Phi) is 5.65. The lowest BCUT2D eigenvalue weighted by atomic mass is 10.3. The average Bonchev–Trinajstić information content (AvgIpc) is 3.20. The predicted octanol–water partition coefficient (Wildman–Crippen LogP) is 2.98. The van der Waals surface area contributed by atoms with E-state index >= 15 is 0 Å². The summed E-state index contributed by atoms with van der Waals surface area (Å²) in [6.07, 6.45) is 1.47. The first-order chi connectivity index (χ1) is 13.9. The lowest BCUT2D eigenvalue weighted by molar-refractivity contribution is 0.430. The zero-order valence-electron chi connectivity index (χ0n) is 17.2. The van der Waals surface area contributed by atoms with Gasteiger partial charge in [-0.2, -0.15) is 5.10 Å². The van der Waals surface area contributed by atoms with E-state index in [1.165, 1.54) is 30.5 Å². The van der Waals surface area contributed by atoms with E-state index in [-0.39, 0.29) is 27.4 Å². The summed E-state index contributed by atoms with van der Waals surface area (Å²) in [5, 5.41) is 7.92. The summed E-state index contributed by atoms with van der Waals surface area (Å²) < 4.78 is 61.8. The summed E-state index contributed by atoms with van der Waals surface area (Å²) >= 11 is 0. The zero-order valence-corrected chi connectivity index (χ0v) is 18.8. The fraction of sp³-hybridized carbons (Fsp3) is 0.333. The number of nitrogens with one attached hydrogen (secondary N) is 2. The van der Waals surface area contributed by atoms with Gasteiger partial charge in [0.05, 0.1) is 16.3 Å². The van der Waals surface area contributed by atoms with E-state index < -0.39 is 20.0 Å². The molecule has 0 bridgehead atoms. The van der Waals surface area contributed by atoms with Gasteiger partial charge in [0.25, 0.3) is 20.0 Å². The summed E-state index contributed by atoms with van der Waals surface area (Å²) in [6, 6.07) is 5.34. The number of rotatable bonds is 7. The van der Waals surface area contributed by atoms with Crippen molar-refractivity contribution in [1.82, 2.24) is 14.9 Å². The SMILES string of the molecule is Cc1nn(C(C)C)cc1S(=O)(=O)Nc1ccc(S(=O)(=O)Nc2onc(C)c2C)cc1. The normalized spacial score (nSPS) is 12.3. The van der Waals surface area contributed by atoms with Crippen molar-refractivity contribution in [3.8, 4) is 0 Å². The first kappa shape index (κ1) is 21.8. The predicted molar refractivity (Wildman–Crippen MR) is 111 cm³/mol. The van der Waals surface area contributed by atoms with Gasteiger partial charge in [0, 0.05) is 23.5 Å². The van der Waals surface area contributed by atoms with Gasteiger partial charge in [-0.3, -0.25) is 9.40 Å². The summed E-state index contributed by atoms with van der Waals surface area (Å²) in [7, 11) is -7.80. The molecule has 30 heavy (non-hydrogen) atoms. The van der Waals surface area contributed by atoms with Crippen LogP contribution in [0.25, 0.3) is 0 Å². The molecule has 0 fully saturated rings. The summed E-state index contributed by atoms with van der Waals surface area (Å²) in [5.74, 6) is 0.0370. The van der Waals surface area contributed by atoms with Crippen LogP contribution in [0.3, 0.4) is 0 Å². The third-order valence-electron chi connectivity index (χ3n) is 4.49. The second kappa shape index (κ2) is 7.76. The number of hydrogen-bond acceptors (Lipinski definition) is 7. The molecule has 162 valence electrons. The van der Waals surface area contributed by atoms with E-state index in [0.717, 1.165) is 0 Å². The Balaban J connectivity index is 1.81. The maximum absolute atomic E-state index is 12.7. The molecular formula is C18H23N5O5S2. The number of benzene rings is 1. The van der Waals surface area contributed by atoms with E-state index in [9.17, 15) is 16.8 Å². The molecule has 0 unspecified atom stereocenters. The van der Waals surface area contributed by atoms with Crippen LogP contribution in [-0.2, 0) is 20.0 Å². The van der Waals surface area contributed by atoms with Crippen LogP contribution in [0, 0.1) is 20.8 Å². The van der Waals surface area contributed by atoms with E-state index in [2.05, 4.69) is 19.7 Å². The highest BCUT2D eigenvalue weighted by Gasteiger charge is 2.22. The minimum atomic E-state index is -3.92. The summed E-state index contributed by atoms with van der Waals surface area (Å²) in [5.41, 5.74) is 1.75. The number of sulfonamides is 2. The van der Waals surface area contributed by atoms with Crippen molar-refractivity contribution in [2.24, 2.45) is 0 Å². The summed E-state index contributed by atoms with van der Waals surface area (Å²) in [4.78, 5) is 0.00781. The molecule has 2 aromatic heterocycles. The third kappa shape index (κ3) is 4.33. The molecule has 0 amide bonds. The van der Waals surface area contributed by atoms with Gasteiger partial charge in [-0.25, -0.2) is 21.6 Å². The van der Waals surface area contributed by atoms with Gasteiger partial charge in [0.2, 0.25) is 5.88 Å². The zero-order chi connectivity index (χ0) is 22.3. The molecule has 0 aliphatic rings. The second-order valence-corrected chi connectivity index (χ2v) is 10.4. The lowest BCUT2D eigenvalue weighted by Crippen LogP contribution is -2.15. The second-order valence-electron chi connectivity index (χ2n) is 7.11. The first-order valence-corrected chi connectivity index (χ1v) is 12.0. The average molecular weight is 454 g/mol. The Morgan fingerprint density at radius 2 is 1.57 bits per heavy atom. The van der Waals surface area contributed by atoms with Gasteiger partial charge < -0.3 is 4.52 Å². The maximum Gasteiger partial charge on any atom is 0.265 e. The molecular weight excluding hydrogens is 430 g/mol. The number of nitrogens with zero attached hydrogens (tertiary/aromatic N) is 3. The number of aryl methyl sites for hydroxylation is 2. The van der Waals surface area contributed by atoms with Gasteiger partial charge in [0.15, 0.2) is 0 Å². The van der Waals surface area contributed by atoms with Crippen LogP contribution >= 0.6 is 0 Å². The van der Waals surface area contributed by atoms with E-state index in [0.29, 0.717) is 17.0 Å². The molecule has 0 saturated heterocycles. The Morgan fingerprint density at radius 1 is 0.933 bits per heavy atom. The van der Waals surface area contributed by atoms with Gasteiger partial charge in [-0.05, 0) is 58.9 Å². The molecule has 1 aromatic carbocycles. The molecule has 0 saturated carbocycles. The molecule has 2 N–H and O–H groups in total. The molecule has 0 spiro atoms. The molecule has 0 atom stereocenters. The Morgan fingerprint density at radius 3 is 2.07 bits per heavy atom. The smallest absolute Gasteiger partial charge is 0.265 e. The third-order valence-corrected chi connectivity index (χ3v) is 7.32. The van der Waals surface area contributed by atoms with Crippen LogP contribution in [0.4, 0.5) is 11.6 Å². The van der Waals surface area contributed by atoms with Crippen molar-refractivity contribution in [2.45, 2.75) is 50.5 Å². The Bertz CT molecular complexity index is 1270. The standard InChI is InChI=1S/C18H23N5O5S2/c1-11(2)23-10-17(14(5)19-23)30(26,27)21-15-6-8-16(9-7-15)29(24,25)22-18-12(3)13(4)20-28-18/h6-11,21-22H,1-5H3. The van der Waals surface area contributed by atoms with Crippen LogP contribution in [-0.4, -0.2) is 31.8 Å². The van der Waals surface area contributed by atoms with Crippen LogP contribution in [0.2, 0.25) is 0 Å². The van der Waals surface area contributed by atoms with Gasteiger partial charge in [0.1, 0.15) is 4.90 Å². The minimum absolute atomic E-state index is 0.0152. The van der Waals surface area contributed by atoms with Crippen LogP contribution in [0.15, 0.2) is 44.8 Å². The molecule has 0 aliphatic heterocycles. The molecule has 12 heteroatoms. The van der Waals surface area contributed by atoms with Crippen molar-refractivity contribution < 1.29 is 21.4 Å². The fourth-order valence-corrected chi connectivity index (χ4v) is 4.88. The van der Waals surface area contributed by atoms with Crippen molar-refractivity contribution in [1.29, 1.82) is 0 Å². The van der Waals surface area contributed by atoms with Crippen LogP contribution < -0.4 is 9.44 Å². The quantitative estimate of drug-likeness (QED) is 0.561. The highest BCUT2D eigenvalue weighted by atomic mass is 32.2. The molecule has 2 heterocycles. The molecule has 10 nitrogen and oxygen atoms in total. The van der Waals surface area contributed by atoms with E-state index in [1.54, 1.807) is 25.5 Å². The number of anilines is 2.